The Hall–Kier alpha value is -1.11. The van der Waals surface area contributed by atoms with Gasteiger partial charge in [0.25, 0.3) is 0 Å². The van der Waals surface area contributed by atoms with Crippen molar-refractivity contribution in [1.82, 2.24) is 4.31 Å². The molecule has 0 saturated carbocycles. The molecule has 1 aromatic carbocycles. The van der Waals surface area contributed by atoms with E-state index in [0.717, 1.165) is 31.2 Å². The fraction of sp³-hybridized carbons (Fsp3) is 0.600. The minimum Gasteiger partial charge on any atom is -0.495 e. The van der Waals surface area contributed by atoms with E-state index in [1.165, 1.54) is 7.11 Å². The summed E-state index contributed by atoms with van der Waals surface area (Å²) in [5.74, 6) is 0.370. The number of methoxy groups -OCH3 is 1. The highest BCUT2D eigenvalue weighted by Crippen LogP contribution is 2.31. The lowest BCUT2D eigenvalue weighted by Crippen LogP contribution is -2.38. The molecule has 1 aliphatic heterocycles. The van der Waals surface area contributed by atoms with Gasteiger partial charge in [0.2, 0.25) is 10.0 Å². The molecule has 0 aliphatic carbocycles. The molecular formula is C15H24N2O3S. The molecule has 118 valence electrons. The van der Waals surface area contributed by atoms with Crippen LogP contribution in [0.15, 0.2) is 23.1 Å². The fourth-order valence-corrected chi connectivity index (χ4v) is 4.62. The second-order valence-electron chi connectivity index (χ2n) is 5.50. The zero-order valence-electron chi connectivity index (χ0n) is 12.7. The van der Waals surface area contributed by atoms with Gasteiger partial charge in [-0.15, -0.1) is 0 Å². The highest BCUT2D eigenvalue weighted by molar-refractivity contribution is 7.89. The molecule has 1 heterocycles. The van der Waals surface area contributed by atoms with Gasteiger partial charge in [0.05, 0.1) is 7.11 Å². The van der Waals surface area contributed by atoms with E-state index in [1.807, 2.05) is 6.92 Å². The van der Waals surface area contributed by atoms with Gasteiger partial charge in [0.1, 0.15) is 10.6 Å². The zero-order valence-corrected chi connectivity index (χ0v) is 13.5. The number of hydrogen-bond donors (Lipinski definition) is 1. The molecule has 1 unspecified atom stereocenters. The van der Waals surface area contributed by atoms with Crippen LogP contribution in [0.2, 0.25) is 0 Å². The van der Waals surface area contributed by atoms with Crippen LogP contribution in [-0.4, -0.2) is 32.4 Å². The average molecular weight is 312 g/mol. The van der Waals surface area contributed by atoms with Gasteiger partial charge in [0.15, 0.2) is 0 Å². The van der Waals surface area contributed by atoms with Crippen molar-refractivity contribution in [2.45, 2.75) is 50.1 Å². The van der Waals surface area contributed by atoms with Gasteiger partial charge < -0.3 is 10.5 Å². The van der Waals surface area contributed by atoms with Crippen molar-refractivity contribution in [3.05, 3.63) is 23.8 Å². The Morgan fingerprint density at radius 2 is 2.10 bits per heavy atom. The summed E-state index contributed by atoms with van der Waals surface area (Å²) in [6.07, 6.45) is 3.98. The van der Waals surface area contributed by atoms with Crippen LogP contribution in [0.4, 0.5) is 0 Å². The number of nitrogens with two attached hydrogens (primary N) is 1. The van der Waals surface area contributed by atoms with Crippen LogP contribution in [0.5, 0.6) is 5.75 Å². The minimum atomic E-state index is -3.53. The van der Waals surface area contributed by atoms with Crippen LogP contribution < -0.4 is 10.5 Å². The predicted octanol–water partition coefficient (Wildman–Crippen LogP) is 2.11. The van der Waals surface area contributed by atoms with E-state index in [4.69, 9.17) is 10.5 Å². The summed E-state index contributed by atoms with van der Waals surface area (Å²) < 4.78 is 32.8. The van der Waals surface area contributed by atoms with Crippen LogP contribution in [0.3, 0.4) is 0 Å². The van der Waals surface area contributed by atoms with Gasteiger partial charge in [-0.2, -0.15) is 4.31 Å². The van der Waals surface area contributed by atoms with Crippen molar-refractivity contribution < 1.29 is 13.2 Å². The molecule has 0 spiro atoms. The lowest BCUT2D eigenvalue weighted by molar-refractivity contribution is 0.338. The maximum Gasteiger partial charge on any atom is 0.246 e. The molecule has 0 bridgehead atoms. The Labute approximate surface area is 127 Å². The standard InChI is InChI=1S/C15H24N2O3S/c1-12-6-4-3-5-9-17(12)21(18,19)15-8-7-13(11-16)10-14(15)20-2/h7-8,10,12H,3-6,9,11,16H2,1-2H3. The molecule has 0 amide bonds. The van der Waals surface area contributed by atoms with Crippen LogP contribution in [0.25, 0.3) is 0 Å². The van der Waals surface area contributed by atoms with Crippen molar-refractivity contribution in [3.63, 3.8) is 0 Å². The third-order valence-corrected chi connectivity index (χ3v) is 6.10. The van der Waals surface area contributed by atoms with Gasteiger partial charge in [-0.1, -0.05) is 18.9 Å². The maximum atomic E-state index is 12.9. The van der Waals surface area contributed by atoms with Gasteiger partial charge in [-0.05, 0) is 37.5 Å². The molecular weight excluding hydrogens is 288 g/mol. The largest absolute Gasteiger partial charge is 0.495 e. The van der Waals surface area contributed by atoms with E-state index in [-0.39, 0.29) is 10.9 Å². The normalized spacial score (nSPS) is 21.0. The second kappa shape index (κ2) is 6.77. The number of hydrogen-bond acceptors (Lipinski definition) is 4. The summed E-state index contributed by atoms with van der Waals surface area (Å²) in [6, 6.07) is 5.08. The molecule has 1 aliphatic rings. The smallest absolute Gasteiger partial charge is 0.246 e. The van der Waals surface area contributed by atoms with E-state index < -0.39 is 10.0 Å². The topological polar surface area (TPSA) is 72.6 Å². The van der Waals surface area contributed by atoms with Crippen molar-refractivity contribution in [2.75, 3.05) is 13.7 Å². The van der Waals surface area contributed by atoms with Crippen LogP contribution >= 0.6 is 0 Å². The van der Waals surface area contributed by atoms with Gasteiger partial charge >= 0.3 is 0 Å². The minimum absolute atomic E-state index is 0.0244. The molecule has 5 nitrogen and oxygen atoms in total. The summed E-state index contributed by atoms with van der Waals surface area (Å²) in [4.78, 5) is 0.232. The maximum absolute atomic E-state index is 12.9. The lowest BCUT2D eigenvalue weighted by atomic mass is 10.1. The van der Waals surface area contributed by atoms with Crippen molar-refractivity contribution in [3.8, 4) is 5.75 Å². The Morgan fingerprint density at radius 3 is 2.76 bits per heavy atom. The number of ether oxygens (including phenoxy) is 1. The first-order valence-corrected chi connectivity index (χ1v) is 8.83. The number of nitrogens with zero attached hydrogens (tertiary/aromatic N) is 1. The molecule has 1 atom stereocenters. The highest BCUT2D eigenvalue weighted by atomic mass is 32.2. The van der Waals surface area contributed by atoms with Gasteiger partial charge in [0, 0.05) is 19.1 Å². The molecule has 2 N–H and O–H groups in total. The van der Waals surface area contributed by atoms with Crippen LogP contribution in [0, 0.1) is 0 Å². The van der Waals surface area contributed by atoms with E-state index in [9.17, 15) is 8.42 Å². The Morgan fingerprint density at radius 1 is 1.33 bits per heavy atom. The number of rotatable bonds is 4. The van der Waals surface area contributed by atoms with Gasteiger partial charge in [-0.25, -0.2) is 8.42 Å². The van der Waals surface area contributed by atoms with Crippen molar-refractivity contribution in [1.29, 1.82) is 0 Å². The molecule has 1 saturated heterocycles. The average Bonchev–Trinajstić information content (AvgIpc) is 2.71. The van der Waals surface area contributed by atoms with E-state index in [0.29, 0.717) is 18.8 Å². The quantitative estimate of drug-likeness (QED) is 0.924. The molecule has 0 aromatic heterocycles. The Balaban J connectivity index is 2.42. The van der Waals surface area contributed by atoms with E-state index in [1.54, 1.807) is 22.5 Å². The van der Waals surface area contributed by atoms with Crippen molar-refractivity contribution >= 4 is 10.0 Å². The SMILES string of the molecule is COc1cc(CN)ccc1S(=O)(=O)N1CCCCCC1C. The predicted molar refractivity (Wildman–Crippen MR) is 82.7 cm³/mol. The third-order valence-electron chi connectivity index (χ3n) is 4.04. The first-order chi connectivity index (χ1) is 10.0. The summed E-state index contributed by atoms with van der Waals surface area (Å²) in [7, 11) is -2.05. The molecule has 1 aromatic rings. The van der Waals surface area contributed by atoms with E-state index >= 15 is 0 Å². The van der Waals surface area contributed by atoms with Gasteiger partial charge in [-0.3, -0.25) is 0 Å². The molecule has 6 heteroatoms. The van der Waals surface area contributed by atoms with Crippen LogP contribution in [-0.2, 0) is 16.6 Å². The Bertz CT molecular complexity index is 587. The summed E-state index contributed by atoms with van der Waals surface area (Å²) >= 11 is 0. The second-order valence-corrected chi connectivity index (χ2v) is 7.36. The monoisotopic (exact) mass is 312 g/mol. The first-order valence-electron chi connectivity index (χ1n) is 7.39. The number of sulfonamides is 1. The molecule has 2 rings (SSSR count). The van der Waals surface area contributed by atoms with Crippen molar-refractivity contribution in [2.24, 2.45) is 5.73 Å². The Kier molecular flexibility index (Phi) is 5.24. The first kappa shape index (κ1) is 16.3. The highest BCUT2D eigenvalue weighted by Gasteiger charge is 2.32. The fourth-order valence-electron chi connectivity index (χ4n) is 2.78. The number of benzene rings is 1. The van der Waals surface area contributed by atoms with Crippen LogP contribution in [0.1, 0.15) is 38.2 Å². The third kappa shape index (κ3) is 3.39. The molecule has 21 heavy (non-hydrogen) atoms. The van der Waals surface area contributed by atoms with E-state index in [2.05, 4.69) is 0 Å². The summed E-state index contributed by atoms with van der Waals surface area (Å²) in [5, 5.41) is 0. The lowest BCUT2D eigenvalue weighted by Gasteiger charge is -2.27. The summed E-state index contributed by atoms with van der Waals surface area (Å²) in [6.45, 7) is 2.91. The summed E-state index contributed by atoms with van der Waals surface area (Å²) in [5.41, 5.74) is 6.46. The molecule has 1 fully saturated rings. The zero-order chi connectivity index (χ0) is 15.5. The molecule has 0 radical (unpaired) electrons.